The van der Waals surface area contributed by atoms with Crippen molar-refractivity contribution in [3.8, 4) is 11.8 Å². The number of benzene rings is 1. The zero-order valence-electron chi connectivity index (χ0n) is 8.21. The maximum absolute atomic E-state index is 12.3. The van der Waals surface area contributed by atoms with Crippen LogP contribution >= 0.6 is 0 Å². The van der Waals surface area contributed by atoms with Crippen LogP contribution in [0.3, 0.4) is 0 Å². The van der Waals surface area contributed by atoms with Gasteiger partial charge in [-0.2, -0.15) is 26.3 Å². The summed E-state index contributed by atoms with van der Waals surface area (Å²) in [6.45, 7) is 3.04. The SMILES string of the molecule is [CH2]C#Cc1cc(C(F)(F)F)cc(C(F)(F)F)c1. The molecule has 0 aliphatic rings. The van der Waals surface area contributed by atoms with E-state index in [4.69, 9.17) is 0 Å². The van der Waals surface area contributed by atoms with Crippen LogP contribution in [0, 0.1) is 18.8 Å². The van der Waals surface area contributed by atoms with Crippen LogP contribution < -0.4 is 0 Å². The van der Waals surface area contributed by atoms with Crippen molar-refractivity contribution in [3.05, 3.63) is 41.8 Å². The maximum Gasteiger partial charge on any atom is 0.416 e. The lowest BCUT2D eigenvalue weighted by atomic mass is 10.1. The molecule has 0 aliphatic heterocycles. The summed E-state index contributed by atoms with van der Waals surface area (Å²) < 4.78 is 74.1. The molecule has 0 heterocycles. The Morgan fingerprint density at radius 2 is 1.24 bits per heavy atom. The van der Waals surface area contributed by atoms with Crippen LogP contribution in [0.4, 0.5) is 26.3 Å². The molecule has 0 spiro atoms. The Hall–Kier alpha value is -1.64. The quantitative estimate of drug-likeness (QED) is 0.484. The number of alkyl halides is 6. The number of hydrogen-bond acceptors (Lipinski definition) is 0. The van der Waals surface area contributed by atoms with E-state index in [1.165, 1.54) is 0 Å². The maximum atomic E-state index is 12.3. The van der Waals surface area contributed by atoms with Gasteiger partial charge >= 0.3 is 12.4 Å². The highest BCUT2D eigenvalue weighted by atomic mass is 19.4. The molecule has 0 unspecified atom stereocenters. The van der Waals surface area contributed by atoms with E-state index in [1.807, 2.05) is 5.92 Å². The number of rotatable bonds is 0. The van der Waals surface area contributed by atoms with E-state index in [0.29, 0.717) is 12.1 Å². The predicted molar refractivity (Wildman–Crippen MR) is 48.7 cm³/mol. The first-order valence-electron chi connectivity index (χ1n) is 4.22. The van der Waals surface area contributed by atoms with E-state index in [1.54, 1.807) is 0 Å². The summed E-state index contributed by atoms with van der Waals surface area (Å²) >= 11 is 0. The van der Waals surface area contributed by atoms with Crippen molar-refractivity contribution in [2.24, 2.45) is 0 Å². The zero-order valence-corrected chi connectivity index (χ0v) is 8.21. The fraction of sp³-hybridized carbons (Fsp3) is 0.182. The van der Waals surface area contributed by atoms with Crippen molar-refractivity contribution in [1.29, 1.82) is 0 Å². The molecule has 0 N–H and O–H groups in total. The molecule has 0 saturated heterocycles. The molecule has 0 fully saturated rings. The Balaban J connectivity index is 3.43. The lowest BCUT2D eigenvalue weighted by Crippen LogP contribution is -2.11. The second-order valence-electron chi connectivity index (χ2n) is 3.10. The van der Waals surface area contributed by atoms with E-state index in [2.05, 4.69) is 12.8 Å². The normalized spacial score (nSPS) is 11.9. The first-order valence-corrected chi connectivity index (χ1v) is 4.22. The number of halogens is 6. The van der Waals surface area contributed by atoms with Crippen LogP contribution in [0.1, 0.15) is 16.7 Å². The summed E-state index contributed by atoms with van der Waals surface area (Å²) in [6.07, 6.45) is -9.70. The average Bonchev–Trinajstić information content (AvgIpc) is 2.15. The van der Waals surface area contributed by atoms with Gasteiger partial charge in [0.1, 0.15) is 0 Å². The lowest BCUT2D eigenvalue weighted by Gasteiger charge is -2.12. The summed E-state index contributed by atoms with van der Waals surface area (Å²) in [7, 11) is 0. The van der Waals surface area contributed by atoms with E-state index < -0.39 is 23.5 Å². The van der Waals surface area contributed by atoms with Gasteiger partial charge in [-0.15, -0.1) is 0 Å². The molecular weight excluding hydrogens is 246 g/mol. The third-order valence-electron chi connectivity index (χ3n) is 1.82. The summed E-state index contributed by atoms with van der Waals surface area (Å²) in [4.78, 5) is 0. The smallest absolute Gasteiger partial charge is 0.166 e. The molecular formula is C11H5F6. The fourth-order valence-electron chi connectivity index (χ4n) is 1.13. The minimum Gasteiger partial charge on any atom is -0.166 e. The second kappa shape index (κ2) is 4.32. The monoisotopic (exact) mass is 251 g/mol. The molecule has 0 bridgehead atoms. The van der Waals surface area contributed by atoms with E-state index in [-0.39, 0.29) is 11.6 Å². The van der Waals surface area contributed by atoms with Crippen molar-refractivity contribution in [3.63, 3.8) is 0 Å². The highest BCUT2D eigenvalue weighted by molar-refractivity contribution is 5.42. The Kier molecular flexibility index (Phi) is 3.41. The van der Waals surface area contributed by atoms with Gasteiger partial charge in [0.25, 0.3) is 0 Å². The minimum absolute atomic E-state index is 0.0499. The van der Waals surface area contributed by atoms with Gasteiger partial charge in [-0.1, -0.05) is 11.8 Å². The second-order valence-corrected chi connectivity index (χ2v) is 3.10. The van der Waals surface area contributed by atoms with E-state index in [0.717, 1.165) is 0 Å². The topological polar surface area (TPSA) is 0 Å². The average molecular weight is 251 g/mol. The van der Waals surface area contributed by atoms with Crippen molar-refractivity contribution >= 4 is 0 Å². The standard InChI is InChI=1S/C11H5F6/c1-2-3-7-4-8(10(12,13)14)6-9(5-7)11(15,16)17/h4-6H,1H2. The van der Waals surface area contributed by atoms with E-state index >= 15 is 0 Å². The van der Waals surface area contributed by atoms with Crippen LogP contribution in [0.25, 0.3) is 0 Å². The molecule has 1 radical (unpaired) electrons. The Morgan fingerprint density at radius 1 is 0.824 bits per heavy atom. The first-order chi connectivity index (χ1) is 7.64. The van der Waals surface area contributed by atoms with Gasteiger partial charge in [0.05, 0.1) is 11.1 Å². The fourth-order valence-corrected chi connectivity index (χ4v) is 1.13. The van der Waals surface area contributed by atoms with Crippen LogP contribution in [0.15, 0.2) is 18.2 Å². The van der Waals surface area contributed by atoms with Crippen LogP contribution in [-0.2, 0) is 12.4 Å². The van der Waals surface area contributed by atoms with E-state index in [9.17, 15) is 26.3 Å². The molecule has 17 heavy (non-hydrogen) atoms. The Bertz CT molecular complexity index is 437. The highest BCUT2D eigenvalue weighted by Gasteiger charge is 2.36. The van der Waals surface area contributed by atoms with Gasteiger partial charge < -0.3 is 0 Å². The molecule has 1 aromatic rings. The number of hydrogen-bond donors (Lipinski definition) is 0. The van der Waals surface area contributed by atoms with Crippen LogP contribution in [0.5, 0.6) is 0 Å². The third kappa shape index (κ3) is 3.41. The summed E-state index contributed by atoms with van der Waals surface area (Å²) in [6, 6.07) is 1.15. The Labute approximate surface area is 93.2 Å². The lowest BCUT2D eigenvalue weighted by molar-refractivity contribution is -0.143. The molecule has 0 aromatic heterocycles. The minimum atomic E-state index is -4.85. The first kappa shape index (κ1) is 13.4. The molecule has 0 amide bonds. The van der Waals surface area contributed by atoms with Crippen LogP contribution in [0.2, 0.25) is 0 Å². The molecule has 91 valence electrons. The molecule has 1 rings (SSSR count). The summed E-state index contributed by atoms with van der Waals surface area (Å²) in [5.74, 6) is 4.08. The van der Waals surface area contributed by atoms with Crippen molar-refractivity contribution in [2.45, 2.75) is 12.4 Å². The van der Waals surface area contributed by atoms with Crippen molar-refractivity contribution < 1.29 is 26.3 Å². The van der Waals surface area contributed by atoms with Gasteiger partial charge in [0, 0.05) is 12.5 Å². The molecule has 1 aromatic carbocycles. The predicted octanol–water partition coefficient (Wildman–Crippen LogP) is 3.91. The van der Waals surface area contributed by atoms with Crippen LogP contribution in [-0.4, -0.2) is 0 Å². The van der Waals surface area contributed by atoms with Gasteiger partial charge in [0.15, 0.2) is 0 Å². The van der Waals surface area contributed by atoms with Crippen molar-refractivity contribution in [1.82, 2.24) is 0 Å². The summed E-state index contributed by atoms with van der Waals surface area (Å²) in [5, 5.41) is 0. The van der Waals surface area contributed by atoms with Gasteiger partial charge in [-0.05, 0) is 18.2 Å². The summed E-state index contributed by atoms with van der Waals surface area (Å²) in [5.41, 5.74) is -3.14. The Morgan fingerprint density at radius 3 is 1.53 bits per heavy atom. The largest absolute Gasteiger partial charge is 0.416 e. The third-order valence-corrected chi connectivity index (χ3v) is 1.82. The van der Waals surface area contributed by atoms with Gasteiger partial charge in [-0.25, -0.2) is 0 Å². The molecule has 0 aliphatic carbocycles. The van der Waals surface area contributed by atoms with Gasteiger partial charge in [0.2, 0.25) is 0 Å². The van der Waals surface area contributed by atoms with Crippen molar-refractivity contribution in [2.75, 3.05) is 0 Å². The highest BCUT2D eigenvalue weighted by Crippen LogP contribution is 2.36. The molecule has 0 saturated carbocycles. The molecule has 6 heteroatoms. The zero-order chi connectivity index (χ0) is 13.3. The van der Waals surface area contributed by atoms with Gasteiger partial charge in [-0.3, -0.25) is 0 Å². The molecule has 0 nitrogen and oxygen atoms in total. The molecule has 0 atom stereocenters.